The van der Waals surface area contributed by atoms with E-state index in [0.717, 1.165) is 77.8 Å². The minimum Gasteiger partial charge on any atom is -0.342 e. The van der Waals surface area contributed by atoms with E-state index in [1.807, 2.05) is 4.90 Å². The Kier molecular flexibility index (Phi) is 5.70. The summed E-state index contributed by atoms with van der Waals surface area (Å²) in [5.41, 5.74) is 0. The van der Waals surface area contributed by atoms with Gasteiger partial charge in [-0.15, -0.1) is 12.4 Å². The molecule has 5 nitrogen and oxygen atoms in total. The Morgan fingerprint density at radius 1 is 0.750 bits per heavy atom. The molecule has 0 aromatic heterocycles. The summed E-state index contributed by atoms with van der Waals surface area (Å²) in [7, 11) is 0. The van der Waals surface area contributed by atoms with Crippen molar-refractivity contribution in [3.63, 3.8) is 0 Å². The van der Waals surface area contributed by atoms with Gasteiger partial charge in [-0.3, -0.25) is 9.59 Å². The first-order valence-electron chi connectivity index (χ1n) is 9.52. The highest BCUT2D eigenvalue weighted by atomic mass is 35.5. The Morgan fingerprint density at radius 3 is 1.79 bits per heavy atom. The molecule has 4 atom stereocenters. The molecule has 4 aliphatic rings. The molecule has 2 unspecified atom stereocenters. The second-order valence-electron chi connectivity index (χ2n) is 7.95. The Bertz CT molecular complexity index is 469. The highest BCUT2D eigenvalue weighted by Gasteiger charge is 2.44. The molecule has 3 saturated heterocycles. The largest absolute Gasteiger partial charge is 0.342 e. The summed E-state index contributed by atoms with van der Waals surface area (Å²) in [6, 6.07) is 0. The van der Waals surface area contributed by atoms with Crippen LogP contribution in [0.1, 0.15) is 38.5 Å². The number of carbonyl (C=O) groups excluding carboxylic acids is 2. The molecule has 0 aromatic rings. The monoisotopic (exact) mass is 355 g/mol. The van der Waals surface area contributed by atoms with Crippen molar-refractivity contribution in [2.45, 2.75) is 38.5 Å². The lowest BCUT2D eigenvalue weighted by Gasteiger charge is -2.34. The van der Waals surface area contributed by atoms with Crippen LogP contribution in [0.3, 0.4) is 0 Å². The lowest BCUT2D eigenvalue weighted by atomic mass is 9.77. The summed E-state index contributed by atoms with van der Waals surface area (Å²) in [4.78, 5) is 30.1. The van der Waals surface area contributed by atoms with E-state index in [1.54, 1.807) is 0 Å². The molecule has 1 N–H and O–H groups in total. The van der Waals surface area contributed by atoms with E-state index in [-0.39, 0.29) is 36.1 Å². The molecule has 24 heavy (non-hydrogen) atoms. The van der Waals surface area contributed by atoms with Crippen LogP contribution in [0, 0.1) is 23.7 Å². The van der Waals surface area contributed by atoms with Gasteiger partial charge in [0.15, 0.2) is 0 Å². The second-order valence-corrected chi connectivity index (χ2v) is 7.95. The number of hydrogen-bond acceptors (Lipinski definition) is 3. The van der Waals surface area contributed by atoms with Crippen molar-refractivity contribution >= 4 is 24.2 Å². The first-order chi connectivity index (χ1) is 11.2. The van der Waals surface area contributed by atoms with Crippen molar-refractivity contribution in [1.29, 1.82) is 0 Å². The van der Waals surface area contributed by atoms with Gasteiger partial charge in [-0.1, -0.05) is 12.8 Å². The molecular formula is C18H30ClN3O2. The van der Waals surface area contributed by atoms with Crippen molar-refractivity contribution < 1.29 is 9.59 Å². The van der Waals surface area contributed by atoms with Crippen LogP contribution in [0.2, 0.25) is 0 Å². The first-order valence-corrected chi connectivity index (χ1v) is 9.52. The molecule has 2 amide bonds. The molecule has 3 aliphatic heterocycles. The predicted molar refractivity (Wildman–Crippen MR) is 94.9 cm³/mol. The van der Waals surface area contributed by atoms with Gasteiger partial charge in [0.1, 0.15) is 0 Å². The van der Waals surface area contributed by atoms with Gasteiger partial charge in [0, 0.05) is 51.1 Å². The van der Waals surface area contributed by atoms with Crippen LogP contribution in [0.4, 0.5) is 0 Å². The van der Waals surface area contributed by atoms with Gasteiger partial charge in [-0.25, -0.2) is 0 Å². The number of hydrogen-bond donors (Lipinski definition) is 1. The van der Waals surface area contributed by atoms with E-state index < -0.39 is 0 Å². The van der Waals surface area contributed by atoms with E-state index >= 15 is 0 Å². The van der Waals surface area contributed by atoms with Crippen LogP contribution in [0.5, 0.6) is 0 Å². The number of nitrogens with one attached hydrogen (secondary N) is 1. The van der Waals surface area contributed by atoms with Gasteiger partial charge >= 0.3 is 0 Å². The Hall–Kier alpha value is -0.810. The number of carbonyl (C=O) groups is 2. The van der Waals surface area contributed by atoms with E-state index in [2.05, 4.69) is 10.2 Å². The van der Waals surface area contributed by atoms with Crippen LogP contribution in [-0.4, -0.2) is 60.9 Å². The molecule has 6 heteroatoms. The molecule has 0 spiro atoms. The molecule has 0 bridgehead atoms. The Balaban J connectivity index is 0.00000169. The summed E-state index contributed by atoms with van der Waals surface area (Å²) >= 11 is 0. The zero-order chi connectivity index (χ0) is 15.8. The van der Waals surface area contributed by atoms with Gasteiger partial charge in [0.25, 0.3) is 0 Å². The van der Waals surface area contributed by atoms with E-state index in [9.17, 15) is 9.59 Å². The van der Waals surface area contributed by atoms with Crippen molar-refractivity contribution in [3.05, 3.63) is 0 Å². The summed E-state index contributed by atoms with van der Waals surface area (Å²) in [5.74, 6) is 1.71. The molecule has 136 valence electrons. The van der Waals surface area contributed by atoms with E-state index in [0.29, 0.717) is 11.8 Å². The van der Waals surface area contributed by atoms with Gasteiger partial charge < -0.3 is 15.1 Å². The van der Waals surface area contributed by atoms with Gasteiger partial charge in [-0.05, 0) is 37.5 Å². The molecule has 4 fully saturated rings. The highest BCUT2D eigenvalue weighted by molar-refractivity contribution is 5.88. The smallest absolute Gasteiger partial charge is 0.226 e. The number of nitrogens with zero attached hydrogens (tertiary/aromatic N) is 2. The molecule has 0 radical (unpaired) electrons. The average Bonchev–Trinajstić information content (AvgIpc) is 3.29. The number of fused-ring (bicyclic) bond motifs is 1. The van der Waals surface area contributed by atoms with Crippen LogP contribution >= 0.6 is 12.4 Å². The minimum absolute atomic E-state index is 0. The fraction of sp³-hybridized carbons (Fsp3) is 0.889. The van der Waals surface area contributed by atoms with Crippen molar-refractivity contribution in [2.75, 3.05) is 39.3 Å². The zero-order valence-electron chi connectivity index (χ0n) is 14.4. The number of rotatable bonds is 2. The summed E-state index contributed by atoms with van der Waals surface area (Å²) < 4.78 is 0. The lowest BCUT2D eigenvalue weighted by Crippen LogP contribution is -2.46. The molecule has 4 rings (SSSR count). The number of amides is 2. The van der Waals surface area contributed by atoms with Crippen molar-refractivity contribution in [3.8, 4) is 0 Å². The minimum atomic E-state index is -0.0522. The first kappa shape index (κ1) is 18.0. The third-order valence-electron chi connectivity index (χ3n) is 6.52. The fourth-order valence-corrected chi connectivity index (χ4v) is 5.16. The third kappa shape index (κ3) is 3.30. The Morgan fingerprint density at radius 2 is 1.25 bits per heavy atom. The maximum Gasteiger partial charge on any atom is 0.226 e. The van der Waals surface area contributed by atoms with Crippen LogP contribution in [0.15, 0.2) is 0 Å². The average molecular weight is 356 g/mol. The molecule has 1 saturated carbocycles. The molecule has 0 aromatic carbocycles. The normalized spacial score (nSPS) is 35.7. The van der Waals surface area contributed by atoms with Crippen LogP contribution in [-0.2, 0) is 9.59 Å². The maximum atomic E-state index is 13.1. The summed E-state index contributed by atoms with van der Waals surface area (Å²) in [6.07, 6.45) is 6.27. The summed E-state index contributed by atoms with van der Waals surface area (Å²) in [5, 5.41) is 3.43. The summed E-state index contributed by atoms with van der Waals surface area (Å²) in [6.45, 7) is 5.70. The maximum absolute atomic E-state index is 13.1. The van der Waals surface area contributed by atoms with Crippen molar-refractivity contribution in [2.24, 2.45) is 23.7 Å². The molecule has 3 heterocycles. The standard InChI is InChI=1S/C18H29N3O2.ClH/c22-17(20-7-3-4-8-20)15-5-1-2-6-16(15)18(23)21-11-13-9-19-10-14(13)12-21;/h13-16,19H,1-12H2;1H/t13-,14+,15?,16?;. The van der Waals surface area contributed by atoms with Gasteiger partial charge in [0.2, 0.25) is 11.8 Å². The fourth-order valence-electron chi connectivity index (χ4n) is 5.16. The van der Waals surface area contributed by atoms with E-state index in [4.69, 9.17) is 0 Å². The van der Waals surface area contributed by atoms with Gasteiger partial charge in [-0.2, -0.15) is 0 Å². The molecule has 1 aliphatic carbocycles. The quantitative estimate of drug-likeness (QED) is 0.817. The highest BCUT2D eigenvalue weighted by Crippen LogP contribution is 2.36. The second kappa shape index (κ2) is 7.61. The van der Waals surface area contributed by atoms with Crippen LogP contribution in [0.25, 0.3) is 0 Å². The third-order valence-corrected chi connectivity index (χ3v) is 6.52. The zero-order valence-corrected chi connectivity index (χ0v) is 15.2. The number of likely N-dealkylation sites (tertiary alicyclic amines) is 2. The lowest BCUT2D eigenvalue weighted by molar-refractivity contribution is -0.147. The Labute approximate surface area is 150 Å². The predicted octanol–water partition coefficient (Wildman–Crippen LogP) is 1.51. The van der Waals surface area contributed by atoms with Crippen LogP contribution < -0.4 is 5.32 Å². The van der Waals surface area contributed by atoms with Crippen molar-refractivity contribution in [1.82, 2.24) is 15.1 Å². The number of halogens is 1. The topological polar surface area (TPSA) is 52.7 Å². The SMILES string of the molecule is Cl.O=C(C1CCCCC1C(=O)N1C[C@H]2CNC[C@H]2C1)N1CCCC1. The molecular weight excluding hydrogens is 326 g/mol. The van der Waals surface area contributed by atoms with Gasteiger partial charge in [0.05, 0.1) is 0 Å². The van der Waals surface area contributed by atoms with E-state index in [1.165, 1.54) is 0 Å².